The normalized spacial score (nSPS) is 8.94. The number of unbranched alkanes of at least 4 members (excludes halogenated alkanes) is 4. The largest absolute Gasteiger partial charge is 0.303 e. The predicted octanol–water partition coefficient (Wildman–Crippen LogP) is 3.28. The highest BCUT2D eigenvalue weighted by Crippen LogP contribution is 2.02. The lowest BCUT2D eigenvalue weighted by molar-refractivity contribution is -0.107. The van der Waals surface area contributed by atoms with E-state index in [0.717, 1.165) is 32.0 Å². The number of hydrogen-bond acceptors (Lipinski definition) is 1. The molecule has 0 spiro atoms. The Morgan fingerprint density at radius 1 is 0.889 bits per heavy atom. The van der Waals surface area contributed by atoms with Gasteiger partial charge in [-0.05, 0) is 55.9 Å². The summed E-state index contributed by atoms with van der Waals surface area (Å²) in [5.74, 6) is 16.0. The van der Waals surface area contributed by atoms with Gasteiger partial charge in [0, 0.05) is 6.42 Å². The van der Waals surface area contributed by atoms with Crippen molar-refractivity contribution in [3.63, 3.8) is 0 Å². The van der Waals surface area contributed by atoms with Gasteiger partial charge in [0.2, 0.25) is 0 Å². The molecule has 0 aliphatic carbocycles. The van der Waals surface area contributed by atoms with Gasteiger partial charge < -0.3 is 4.79 Å². The second-order valence-corrected chi connectivity index (χ2v) is 3.49. The predicted molar refractivity (Wildman–Crippen MR) is 76.4 cm³/mol. The van der Waals surface area contributed by atoms with Crippen LogP contribution in [0.4, 0.5) is 0 Å². The summed E-state index contributed by atoms with van der Waals surface area (Å²) in [7, 11) is 0. The highest BCUT2D eigenvalue weighted by molar-refractivity contribution is 5.48. The van der Waals surface area contributed by atoms with Gasteiger partial charge >= 0.3 is 0 Å². The molecule has 0 amide bonds. The Balaban J connectivity index is 3.59. The first-order chi connectivity index (χ1) is 8.91. The van der Waals surface area contributed by atoms with Gasteiger partial charge in [0.05, 0.1) is 0 Å². The topological polar surface area (TPSA) is 17.1 Å². The first-order valence-electron chi connectivity index (χ1n) is 6.09. The number of allylic oxidation sites excluding steroid dienone is 4. The van der Waals surface area contributed by atoms with Crippen LogP contribution in [0.25, 0.3) is 0 Å². The average molecular weight is 238 g/mol. The molecular weight excluding hydrogens is 220 g/mol. The molecule has 0 N–H and O–H groups in total. The van der Waals surface area contributed by atoms with Crippen LogP contribution in [0.1, 0.15) is 39.0 Å². The average Bonchev–Trinajstić information content (AvgIpc) is 2.39. The van der Waals surface area contributed by atoms with Crippen molar-refractivity contribution in [1.82, 2.24) is 0 Å². The van der Waals surface area contributed by atoms with Crippen LogP contribution in [0.2, 0.25) is 0 Å². The molecule has 18 heavy (non-hydrogen) atoms. The monoisotopic (exact) mass is 238 g/mol. The lowest BCUT2D eigenvalue weighted by Gasteiger charge is -1.92. The van der Waals surface area contributed by atoms with Crippen LogP contribution in [-0.2, 0) is 4.79 Å². The molecule has 1 heteroatoms. The van der Waals surface area contributed by atoms with Crippen molar-refractivity contribution < 1.29 is 4.79 Å². The maximum atomic E-state index is 10.1. The van der Waals surface area contributed by atoms with Crippen LogP contribution in [-0.4, -0.2) is 6.29 Å². The van der Waals surface area contributed by atoms with Crippen molar-refractivity contribution >= 4 is 6.29 Å². The number of rotatable bonds is 7. The molecule has 0 radical (unpaired) electrons. The summed E-state index contributed by atoms with van der Waals surface area (Å²) in [4.78, 5) is 10.1. The van der Waals surface area contributed by atoms with Gasteiger partial charge in [0.1, 0.15) is 6.29 Å². The highest BCUT2D eigenvalue weighted by atomic mass is 16.1. The molecule has 0 aromatic heterocycles. The van der Waals surface area contributed by atoms with E-state index in [0.29, 0.717) is 6.42 Å². The minimum Gasteiger partial charge on any atom is -0.303 e. The molecule has 0 saturated carbocycles. The van der Waals surface area contributed by atoms with E-state index >= 15 is 0 Å². The first-order valence-corrected chi connectivity index (χ1v) is 6.09. The standard InChI is InChI=1S/C17H18O/c1-2-3-4-5-6-7-8-9-10-11-12-13-14-15-16-17-18/h8-11,17H,12-16H2,1H3. The molecule has 1 nitrogen and oxygen atoms in total. The van der Waals surface area contributed by atoms with Crippen molar-refractivity contribution in [3.8, 4) is 35.5 Å². The molecule has 0 aromatic carbocycles. The molecule has 0 aliphatic heterocycles. The summed E-state index contributed by atoms with van der Waals surface area (Å²) < 4.78 is 0. The van der Waals surface area contributed by atoms with E-state index in [1.165, 1.54) is 0 Å². The minimum atomic E-state index is 0.683. The Morgan fingerprint density at radius 2 is 1.67 bits per heavy atom. The van der Waals surface area contributed by atoms with Crippen LogP contribution >= 0.6 is 0 Å². The number of hydrogen-bond donors (Lipinski definition) is 0. The summed E-state index contributed by atoms with van der Waals surface area (Å²) in [6.45, 7) is 1.74. The van der Waals surface area contributed by atoms with Crippen LogP contribution in [0.15, 0.2) is 24.3 Å². The third kappa shape index (κ3) is 13.8. The van der Waals surface area contributed by atoms with Gasteiger partial charge in [0.15, 0.2) is 0 Å². The fraction of sp³-hybridized carbons (Fsp3) is 0.353. The van der Waals surface area contributed by atoms with Crippen molar-refractivity contribution in [2.24, 2.45) is 0 Å². The van der Waals surface area contributed by atoms with Crippen molar-refractivity contribution in [2.45, 2.75) is 39.0 Å². The maximum Gasteiger partial charge on any atom is 0.119 e. The van der Waals surface area contributed by atoms with Crippen LogP contribution in [0.5, 0.6) is 0 Å². The van der Waals surface area contributed by atoms with Gasteiger partial charge in [0.25, 0.3) is 0 Å². The molecule has 92 valence electrons. The maximum absolute atomic E-state index is 10.1. The van der Waals surface area contributed by atoms with Crippen LogP contribution < -0.4 is 0 Å². The fourth-order valence-electron chi connectivity index (χ4n) is 1.15. The van der Waals surface area contributed by atoms with E-state index < -0.39 is 0 Å². The van der Waals surface area contributed by atoms with Gasteiger partial charge in [-0.3, -0.25) is 0 Å². The third-order valence-electron chi connectivity index (χ3n) is 2.00. The molecule has 0 bridgehead atoms. The Morgan fingerprint density at radius 3 is 2.44 bits per heavy atom. The Bertz CT molecular complexity index is 447. The summed E-state index contributed by atoms with van der Waals surface area (Å²) in [6, 6.07) is 0. The van der Waals surface area contributed by atoms with Crippen LogP contribution in [0, 0.1) is 35.5 Å². The smallest absolute Gasteiger partial charge is 0.119 e. The highest BCUT2D eigenvalue weighted by Gasteiger charge is 1.85. The number of aldehydes is 1. The molecule has 0 aliphatic rings. The lowest BCUT2D eigenvalue weighted by atomic mass is 10.1. The van der Waals surface area contributed by atoms with Gasteiger partial charge in [-0.25, -0.2) is 0 Å². The SMILES string of the molecule is CC#CC#CC#CC=CC=CCCCCCC=O. The van der Waals surface area contributed by atoms with Crippen LogP contribution in [0.3, 0.4) is 0 Å². The summed E-state index contributed by atoms with van der Waals surface area (Å²) in [5, 5.41) is 0. The molecule has 0 aromatic rings. The summed E-state index contributed by atoms with van der Waals surface area (Å²) in [6.07, 6.45) is 13.7. The van der Waals surface area contributed by atoms with Gasteiger partial charge in [-0.1, -0.05) is 36.5 Å². The quantitative estimate of drug-likeness (QED) is 0.288. The van der Waals surface area contributed by atoms with Gasteiger partial charge in [-0.15, -0.1) is 0 Å². The Labute approximate surface area is 110 Å². The number of carbonyl (C=O) groups is 1. The van der Waals surface area contributed by atoms with E-state index in [1.807, 2.05) is 12.2 Å². The third-order valence-corrected chi connectivity index (χ3v) is 2.00. The molecule has 0 atom stereocenters. The zero-order chi connectivity index (χ0) is 13.3. The zero-order valence-corrected chi connectivity index (χ0v) is 10.8. The first kappa shape index (κ1) is 15.8. The van der Waals surface area contributed by atoms with E-state index in [4.69, 9.17) is 0 Å². The van der Waals surface area contributed by atoms with E-state index in [9.17, 15) is 4.79 Å². The Kier molecular flexibility index (Phi) is 13.0. The molecule has 0 unspecified atom stereocenters. The summed E-state index contributed by atoms with van der Waals surface area (Å²) >= 11 is 0. The molecule has 0 fully saturated rings. The second kappa shape index (κ2) is 14.8. The molecular formula is C17H18O. The van der Waals surface area contributed by atoms with E-state index in [-0.39, 0.29) is 0 Å². The second-order valence-electron chi connectivity index (χ2n) is 3.49. The van der Waals surface area contributed by atoms with Crippen molar-refractivity contribution in [1.29, 1.82) is 0 Å². The molecule has 0 heterocycles. The lowest BCUT2D eigenvalue weighted by Crippen LogP contribution is -1.77. The van der Waals surface area contributed by atoms with Gasteiger partial charge in [-0.2, -0.15) is 0 Å². The van der Waals surface area contributed by atoms with E-state index in [1.54, 1.807) is 13.0 Å². The van der Waals surface area contributed by atoms with Crippen molar-refractivity contribution in [3.05, 3.63) is 24.3 Å². The summed E-state index contributed by atoms with van der Waals surface area (Å²) in [5.41, 5.74) is 0. The molecule has 0 rings (SSSR count). The fourth-order valence-corrected chi connectivity index (χ4v) is 1.15. The van der Waals surface area contributed by atoms with Crippen molar-refractivity contribution in [2.75, 3.05) is 0 Å². The number of carbonyl (C=O) groups excluding carboxylic acids is 1. The zero-order valence-electron chi connectivity index (χ0n) is 10.8. The molecule has 0 saturated heterocycles. The minimum absolute atomic E-state index is 0.683. The van der Waals surface area contributed by atoms with E-state index in [2.05, 4.69) is 41.6 Å². The Hall–Kier alpha value is -2.17.